The molecule has 5 nitrogen and oxygen atoms in total. The van der Waals surface area contributed by atoms with Crippen molar-refractivity contribution in [3.63, 3.8) is 0 Å². The Morgan fingerprint density at radius 2 is 2.25 bits per heavy atom. The van der Waals surface area contributed by atoms with Crippen LogP contribution in [-0.4, -0.2) is 41.6 Å². The lowest BCUT2D eigenvalue weighted by molar-refractivity contribution is -0.142. The van der Waals surface area contributed by atoms with Gasteiger partial charge in [0.15, 0.2) is 0 Å². The van der Waals surface area contributed by atoms with Crippen LogP contribution in [0.25, 0.3) is 6.08 Å². The Morgan fingerprint density at radius 1 is 1.45 bits per heavy atom. The number of benzene rings is 1. The highest BCUT2D eigenvalue weighted by Gasteiger charge is 2.13. The lowest BCUT2D eigenvalue weighted by Gasteiger charge is -2.15. The fourth-order valence-corrected chi connectivity index (χ4v) is 2.09. The second kappa shape index (κ2) is 6.23. The van der Waals surface area contributed by atoms with Gasteiger partial charge in [-0.1, -0.05) is 6.07 Å². The van der Waals surface area contributed by atoms with Crippen molar-refractivity contribution in [1.82, 2.24) is 4.90 Å². The fourth-order valence-electron chi connectivity index (χ4n) is 2.09. The predicted octanol–water partition coefficient (Wildman–Crippen LogP) is 1.57. The molecule has 0 atom stereocenters. The van der Waals surface area contributed by atoms with E-state index in [4.69, 9.17) is 9.84 Å². The number of carbonyl (C=O) groups is 2. The molecule has 0 bridgehead atoms. The van der Waals surface area contributed by atoms with E-state index in [1.165, 1.54) is 11.0 Å². The average molecular weight is 275 g/mol. The summed E-state index contributed by atoms with van der Waals surface area (Å²) in [6.07, 6.45) is 3.99. The molecule has 0 unspecified atom stereocenters. The minimum Gasteiger partial charge on any atom is -0.493 e. The smallest absolute Gasteiger partial charge is 0.323 e. The second-order valence-electron chi connectivity index (χ2n) is 4.55. The number of fused-ring (bicyclic) bond motifs is 1. The van der Waals surface area contributed by atoms with Crippen molar-refractivity contribution >= 4 is 18.0 Å². The Bertz CT molecular complexity index is 551. The van der Waals surface area contributed by atoms with E-state index >= 15 is 0 Å². The lowest BCUT2D eigenvalue weighted by Crippen LogP contribution is -2.34. The number of amides is 1. The van der Waals surface area contributed by atoms with E-state index in [1.54, 1.807) is 13.0 Å². The second-order valence-corrected chi connectivity index (χ2v) is 4.55. The summed E-state index contributed by atoms with van der Waals surface area (Å²) >= 11 is 0. The molecule has 106 valence electrons. The molecule has 20 heavy (non-hydrogen) atoms. The molecule has 1 aromatic rings. The number of ether oxygens (including phenoxy) is 1. The van der Waals surface area contributed by atoms with Crippen LogP contribution in [0.2, 0.25) is 0 Å². The SMILES string of the molecule is CCN(CC(=O)O)C(=O)C=Cc1ccc2c(c1)CCO2. The molecule has 0 saturated heterocycles. The van der Waals surface area contributed by atoms with Gasteiger partial charge in [-0.2, -0.15) is 0 Å². The molecular formula is C15H17NO4. The fraction of sp³-hybridized carbons (Fsp3) is 0.333. The maximum atomic E-state index is 11.9. The molecule has 0 spiro atoms. The zero-order valence-electron chi connectivity index (χ0n) is 11.3. The first-order valence-electron chi connectivity index (χ1n) is 6.54. The van der Waals surface area contributed by atoms with Crippen molar-refractivity contribution in [2.75, 3.05) is 19.7 Å². The minimum absolute atomic E-state index is 0.280. The summed E-state index contributed by atoms with van der Waals surface area (Å²) in [5.74, 6) is -0.413. The van der Waals surface area contributed by atoms with Crippen LogP contribution in [0.4, 0.5) is 0 Å². The van der Waals surface area contributed by atoms with E-state index in [0.29, 0.717) is 13.2 Å². The third kappa shape index (κ3) is 3.38. The quantitative estimate of drug-likeness (QED) is 0.828. The summed E-state index contributed by atoms with van der Waals surface area (Å²) in [4.78, 5) is 23.8. The molecule has 1 aliphatic rings. The normalized spacial score (nSPS) is 13.1. The number of aliphatic carboxylic acids is 1. The first-order chi connectivity index (χ1) is 9.60. The van der Waals surface area contributed by atoms with E-state index in [-0.39, 0.29) is 12.5 Å². The summed E-state index contributed by atoms with van der Waals surface area (Å²) in [5.41, 5.74) is 2.05. The molecule has 1 aromatic carbocycles. The van der Waals surface area contributed by atoms with E-state index in [2.05, 4.69) is 0 Å². The largest absolute Gasteiger partial charge is 0.493 e. The van der Waals surface area contributed by atoms with Gasteiger partial charge in [-0.15, -0.1) is 0 Å². The molecule has 0 aromatic heterocycles. The molecule has 0 aliphatic carbocycles. The van der Waals surface area contributed by atoms with E-state index < -0.39 is 5.97 Å². The number of nitrogens with zero attached hydrogens (tertiary/aromatic N) is 1. The summed E-state index contributed by atoms with van der Waals surface area (Å²) < 4.78 is 5.41. The summed E-state index contributed by atoms with van der Waals surface area (Å²) in [6, 6.07) is 5.75. The lowest BCUT2D eigenvalue weighted by atomic mass is 10.1. The Morgan fingerprint density at radius 3 is 2.95 bits per heavy atom. The van der Waals surface area contributed by atoms with Crippen LogP contribution in [0.3, 0.4) is 0 Å². The maximum Gasteiger partial charge on any atom is 0.323 e. The van der Waals surface area contributed by atoms with Crippen molar-refractivity contribution in [2.24, 2.45) is 0 Å². The molecule has 0 saturated carbocycles. The van der Waals surface area contributed by atoms with Gasteiger partial charge in [0, 0.05) is 19.0 Å². The van der Waals surface area contributed by atoms with Crippen molar-refractivity contribution in [1.29, 1.82) is 0 Å². The van der Waals surface area contributed by atoms with Gasteiger partial charge in [0.05, 0.1) is 6.61 Å². The Hall–Kier alpha value is -2.30. The van der Waals surface area contributed by atoms with Gasteiger partial charge < -0.3 is 14.7 Å². The number of hydrogen-bond acceptors (Lipinski definition) is 3. The highest BCUT2D eigenvalue weighted by molar-refractivity contribution is 5.93. The van der Waals surface area contributed by atoms with Crippen LogP contribution in [0.1, 0.15) is 18.1 Å². The first kappa shape index (κ1) is 14.1. The summed E-state index contributed by atoms with van der Waals surface area (Å²) in [5, 5.41) is 8.72. The van der Waals surface area contributed by atoms with Crippen LogP contribution in [0, 0.1) is 0 Å². The molecule has 1 heterocycles. The van der Waals surface area contributed by atoms with Crippen LogP contribution < -0.4 is 4.74 Å². The van der Waals surface area contributed by atoms with Gasteiger partial charge in [0.1, 0.15) is 12.3 Å². The topological polar surface area (TPSA) is 66.8 Å². The Kier molecular flexibility index (Phi) is 4.40. The number of carboxylic acid groups (broad SMARTS) is 1. The molecule has 1 aliphatic heterocycles. The number of carboxylic acids is 1. The highest BCUT2D eigenvalue weighted by atomic mass is 16.5. The molecule has 2 rings (SSSR count). The van der Waals surface area contributed by atoms with Crippen LogP contribution in [0.15, 0.2) is 24.3 Å². The first-order valence-corrected chi connectivity index (χ1v) is 6.54. The zero-order valence-corrected chi connectivity index (χ0v) is 11.3. The minimum atomic E-state index is -1.01. The van der Waals surface area contributed by atoms with Crippen molar-refractivity contribution < 1.29 is 19.4 Å². The van der Waals surface area contributed by atoms with E-state index in [1.807, 2.05) is 18.2 Å². The highest BCUT2D eigenvalue weighted by Crippen LogP contribution is 2.26. The summed E-state index contributed by atoms with van der Waals surface area (Å²) in [6.45, 7) is 2.54. The average Bonchev–Trinajstić information content (AvgIpc) is 2.89. The Balaban J connectivity index is 2.04. The Labute approximate surface area is 117 Å². The van der Waals surface area contributed by atoms with Crippen LogP contribution >= 0.6 is 0 Å². The standard InChI is InChI=1S/C15H17NO4/c1-2-16(10-15(18)19)14(17)6-4-11-3-5-13-12(9-11)7-8-20-13/h3-6,9H,2,7-8,10H2,1H3,(H,18,19). The molecular weight excluding hydrogens is 258 g/mol. The van der Waals surface area contributed by atoms with Crippen molar-refractivity contribution in [2.45, 2.75) is 13.3 Å². The third-order valence-electron chi connectivity index (χ3n) is 3.15. The van der Waals surface area contributed by atoms with E-state index in [0.717, 1.165) is 23.3 Å². The molecule has 1 N–H and O–H groups in total. The monoisotopic (exact) mass is 275 g/mol. The third-order valence-corrected chi connectivity index (χ3v) is 3.15. The van der Waals surface area contributed by atoms with Gasteiger partial charge in [0.25, 0.3) is 0 Å². The van der Waals surface area contributed by atoms with Crippen LogP contribution in [-0.2, 0) is 16.0 Å². The molecule has 0 radical (unpaired) electrons. The molecule has 0 fully saturated rings. The van der Waals surface area contributed by atoms with Gasteiger partial charge in [-0.25, -0.2) is 0 Å². The predicted molar refractivity (Wildman–Crippen MR) is 74.6 cm³/mol. The van der Waals surface area contributed by atoms with Crippen molar-refractivity contribution in [3.8, 4) is 5.75 Å². The van der Waals surface area contributed by atoms with E-state index in [9.17, 15) is 9.59 Å². The van der Waals surface area contributed by atoms with Gasteiger partial charge in [-0.05, 0) is 36.3 Å². The van der Waals surface area contributed by atoms with Crippen molar-refractivity contribution in [3.05, 3.63) is 35.4 Å². The zero-order chi connectivity index (χ0) is 14.5. The number of carbonyl (C=O) groups excluding carboxylic acids is 1. The van der Waals surface area contributed by atoms with Gasteiger partial charge in [-0.3, -0.25) is 9.59 Å². The summed E-state index contributed by atoms with van der Waals surface area (Å²) in [7, 11) is 0. The number of hydrogen-bond donors (Lipinski definition) is 1. The molecule has 5 heteroatoms. The van der Waals surface area contributed by atoms with Gasteiger partial charge in [0.2, 0.25) is 5.91 Å². The van der Waals surface area contributed by atoms with Crippen LogP contribution in [0.5, 0.6) is 5.75 Å². The molecule has 1 amide bonds. The maximum absolute atomic E-state index is 11.9. The number of likely N-dealkylation sites (N-methyl/N-ethyl adjacent to an activating group) is 1. The van der Waals surface area contributed by atoms with Gasteiger partial charge >= 0.3 is 5.97 Å². The number of rotatable bonds is 5.